The summed E-state index contributed by atoms with van der Waals surface area (Å²) in [5, 5.41) is 8.86. The lowest BCUT2D eigenvalue weighted by Crippen LogP contribution is -2.31. The predicted octanol–water partition coefficient (Wildman–Crippen LogP) is 2.58. The van der Waals surface area contributed by atoms with Crippen molar-refractivity contribution in [3.63, 3.8) is 0 Å². The van der Waals surface area contributed by atoms with Gasteiger partial charge in [-0.3, -0.25) is 14.6 Å². The van der Waals surface area contributed by atoms with Crippen LogP contribution in [0.3, 0.4) is 0 Å². The molecule has 146 valence electrons. The van der Waals surface area contributed by atoms with E-state index in [1.807, 2.05) is 44.2 Å². The van der Waals surface area contributed by atoms with Crippen LogP contribution in [-0.2, 0) is 11.3 Å². The maximum Gasteiger partial charge on any atom is 0.341 e. The highest BCUT2D eigenvalue weighted by atomic mass is 16.5. The standard InChI is InChI=1S/C22H20N4O3/c1-13-6-8-15(9-7-13)12-26-18(23)16(22(28)29-3)11-17-20(26)24-19-14(2)5-4-10-25(19)21(17)27/h4-11,23H,12H2,1-3H3. The molecule has 0 saturated carbocycles. The second kappa shape index (κ2) is 7.01. The molecule has 29 heavy (non-hydrogen) atoms. The smallest absolute Gasteiger partial charge is 0.341 e. The molecule has 3 aromatic heterocycles. The predicted molar refractivity (Wildman–Crippen MR) is 109 cm³/mol. The Morgan fingerprint density at radius 1 is 1.14 bits per heavy atom. The first-order valence-electron chi connectivity index (χ1n) is 9.14. The van der Waals surface area contributed by atoms with Crippen LogP contribution in [0.15, 0.2) is 53.5 Å². The van der Waals surface area contributed by atoms with E-state index in [1.54, 1.807) is 16.8 Å². The molecule has 1 aromatic carbocycles. The summed E-state index contributed by atoms with van der Waals surface area (Å²) in [4.78, 5) is 30.1. The summed E-state index contributed by atoms with van der Waals surface area (Å²) in [7, 11) is 1.26. The maximum atomic E-state index is 13.2. The van der Waals surface area contributed by atoms with Gasteiger partial charge in [0.25, 0.3) is 5.56 Å². The lowest BCUT2D eigenvalue weighted by molar-refractivity contribution is 0.0597. The summed E-state index contributed by atoms with van der Waals surface area (Å²) in [5.74, 6) is -0.664. The van der Waals surface area contributed by atoms with Crippen LogP contribution in [0.5, 0.6) is 0 Å². The quantitative estimate of drug-likeness (QED) is 0.431. The van der Waals surface area contributed by atoms with Crippen molar-refractivity contribution in [1.82, 2.24) is 14.0 Å². The van der Waals surface area contributed by atoms with Crippen molar-refractivity contribution in [1.29, 1.82) is 5.41 Å². The van der Waals surface area contributed by atoms with Crippen LogP contribution in [0, 0.1) is 19.3 Å². The molecule has 4 aromatic rings. The number of aryl methyl sites for hydroxylation is 2. The molecule has 0 unspecified atom stereocenters. The van der Waals surface area contributed by atoms with Crippen LogP contribution in [0.25, 0.3) is 16.7 Å². The third-order valence-corrected chi connectivity index (χ3v) is 5.00. The van der Waals surface area contributed by atoms with Crippen molar-refractivity contribution < 1.29 is 9.53 Å². The van der Waals surface area contributed by atoms with E-state index >= 15 is 0 Å². The van der Waals surface area contributed by atoms with E-state index in [9.17, 15) is 9.59 Å². The fraction of sp³-hybridized carbons (Fsp3) is 0.182. The second-order valence-corrected chi connectivity index (χ2v) is 7.01. The van der Waals surface area contributed by atoms with E-state index < -0.39 is 5.97 Å². The fourth-order valence-electron chi connectivity index (χ4n) is 3.39. The molecular formula is C22H20N4O3. The fourth-order valence-corrected chi connectivity index (χ4v) is 3.39. The van der Waals surface area contributed by atoms with Gasteiger partial charge in [-0.2, -0.15) is 0 Å². The van der Waals surface area contributed by atoms with Crippen molar-refractivity contribution in [3.8, 4) is 0 Å². The van der Waals surface area contributed by atoms with E-state index in [-0.39, 0.29) is 22.0 Å². The summed E-state index contributed by atoms with van der Waals surface area (Å²) in [6, 6.07) is 12.9. The van der Waals surface area contributed by atoms with Crippen LogP contribution in [-0.4, -0.2) is 27.0 Å². The van der Waals surface area contributed by atoms with E-state index in [0.717, 1.165) is 16.7 Å². The number of fused-ring (bicyclic) bond motifs is 2. The number of carbonyl (C=O) groups excluding carboxylic acids is 1. The Labute approximate surface area is 166 Å². The summed E-state index contributed by atoms with van der Waals surface area (Å²) in [6.07, 6.45) is 1.65. The lowest BCUT2D eigenvalue weighted by Gasteiger charge is -2.15. The molecule has 4 rings (SSSR count). The van der Waals surface area contributed by atoms with Gasteiger partial charge < -0.3 is 9.30 Å². The van der Waals surface area contributed by atoms with Crippen molar-refractivity contribution in [2.24, 2.45) is 0 Å². The van der Waals surface area contributed by atoms with Crippen LogP contribution < -0.4 is 11.0 Å². The Kier molecular flexibility index (Phi) is 4.50. The van der Waals surface area contributed by atoms with Crippen LogP contribution in [0.1, 0.15) is 27.0 Å². The largest absolute Gasteiger partial charge is 0.465 e. The van der Waals surface area contributed by atoms with Crippen molar-refractivity contribution >= 4 is 22.6 Å². The first-order chi connectivity index (χ1) is 13.9. The molecule has 0 radical (unpaired) electrons. The van der Waals surface area contributed by atoms with Gasteiger partial charge in [-0.25, -0.2) is 9.78 Å². The molecule has 0 amide bonds. The molecular weight excluding hydrogens is 368 g/mol. The SMILES string of the molecule is COC(=O)c1cc2c(=O)n3cccc(C)c3nc2n(Cc2ccc(C)cc2)c1=N. The number of rotatable bonds is 3. The van der Waals surface area contributed by atoms with E-state index in [1.165, 1.54) is 17.6 Å². The average molecular weight is 388 g/mol. The number of aromatic nitrogens is 3. The molecule has 3 heterocycles. The average Bonchev–Trinajstić information content (AvgIpc) is 2.72. The lowest BCUT2D eigenvalue weighted by atomic mass is 10.1. The zero-order chi connectivity index (χ0) is 20.7. The summed E-state index contributed by atoms with van der Waals surface area (Å²) in [6.45, 7) is 4.18. The number of hydrogen-bond acceptors (Lipinski definition) is 5. The number of nitrogens with zero attached hydrogens (tertiary/aromatic N) is 3. The van der Waals surface area contributed by atoms with Crippen molar-refractivity contribution in [2.75, 3.05) is 7.11 Å². The number of hydrogen-bond donors (Lipinski definition) is 1. The highest BCUT2D eigenvalue weighted by Crippen LogP contribution is 2.15. The highest BCUT2D eigenvalue weighted by molar-refractivity contribution is 5.93. The van der Waals surface area contributed by atoms with E-state index in [4.69, 9.17) is 15.1 Å². The van der Waals surface area contributed by atoms with E-state index in [2.05, 4.69) is 0 Å². The van der Waals surface area contributed by atoms with Crippen LogP contribution in [0.2, 0.25) is 0 Å². The maximum absolute atomic E-state index is 13.2. The normalized spacial score (nSPS) is 11.1. The Morgan fingerprint density at radius 2 is 1.86 bits per heavy atom. The van der Waals surface area contributed by atoms with Gasteiger partial charge in [0.15, 0.2) is 0 Å². The molecule has 0 aliphatic carbocycles. The van der Waals surface area contributed by atoms with Gasteiger partial charge in [-0.05, 0) is 37.1 Å². The minimum Gasteiger partial charge on any atom is -0.465 e. The molecule has 1 N–H and O–H groups in total. The number of carbonyl (C=O) groups is 1. The first-order valence-corrected chi connectivity index (χ1v) is 9.14. The number of esters is 1. The summed E-state index contributed by atoms with van der Waals surface area (Å²) >= 11 is 0. The van der Waals surface area contributed by atoms with Crippen LogP contribution in [0.4, 0.5) is 0 Å². The molecule has 7 heteroatoms. The van der Waals surface area contributed by atoms with Gasteiger partial charge in [-0.15, -0.1) is 0 Å². The summed E-state index contributed by atoms with van der Waals surface area (Å²) in [5.41, 5.74) is 3.47. The number of ether oxygens (including phenoxy) is 1. The molecule has 0 bridgehead atoms. The zero-order valence-electron chi connectivity index (χ0n) is 16.4. The van der Waals surface area contributed by atoms with Gasteiger partial charge in [0.1, 0.15) is 22.3 Å². The zero-order valence-corrected chi connectivity index (χ0v) is 16.4. The number of nitrogens with one attached hydrogen (secondary N) is 1. The number of pyridine rings is 2. The molecule has 0 aliphatic rings. The Morgan fingerprint density at radius 3 is 2.55 bits per heavy atom. The molecule has 0 aliphatic heterocycles. The molecule has 0 atom stereocenters. The number of benzene rings is 1. The van der Waals surface area contributed by atoms with Gasteiger partial charge in [0, 0.05) is 6.20 Å². The Hall–Kier alpha value is -3.74. The first kappa shape index (κ1) is 18.6. The third-order valence-electron chi connectivity index (χ3n) is 5.00. The molecule has 0 saturated heterocycles. The molecule has 0 fully saturated rings. The van der Waals surface area contributed by atoms with Gasteiger partial charge in [0.05, 0.1) is 19.0 Å². The minimum atomic E-state index is -0.664. The monoisotopic (exact) mass is 388 g/mol. The van der Waals surface area contributed by atoms with Crippen molar-refractivity contribution in [2.45, 2.75) is 20.4 Å². The van der Waals surface area contributed by atoms with Gasteiger partial charge >= 0.3 is 5.97 Å². The highest BCUT2D eigenvalue weighted by Gasteiger charge is 2.18. The number of methoxy groups -OCH3 is 1. The molecule has 7 nitrogen and oxygen atoms in total. The van der Waals surface area contributed by atoms with E-state index in [0.29, 0.717) is 17.8 Å². The topological polar surface area (TPSA) is 89.4 Å². The van der Waals surface area contributed by atoms with Gasteiger partial charge in [-0.1, -0.05) is 35.9 Å². The minimum absolute atomic E-state index is 0.0265. The second-order valence-electron chi connectivity index (χ2n) is 7.01. The third kappa shape index (κ3) is 3.10. The molecule has 0 spiro atoms. The summed E-state index contributed by atoms with van der Waals surface area (Å²) < 4.78 is 7.87. The Bertz CT molecular complexity index is 1380. The van der Waals surface area contributed by atoms with Crippen LogP contribution >= 0.6 is 0 Å². The Balaban J connectivity index is 2.11. The van der Waals surface area contributed by atoms with Gasteiger partial charge in [0.2, 0.25) is 0 Å². The van der Waals surface area contributed by atoms with Crippen molar-refractivity contribution in [3.05, 3.63) is 86.8 Å².